The number of sulfonamides is 1. The number of amides is 1. The maximum atomic E-state index is 12.4. The van der Waals surface area contributed by atoms with Crippen molar-refractivity contribution in [2.45, 2.75) is 18.7 Å². The third-order valence-corrected chi connectivity index (χ3v) is 4.68. The molecule has 0 saturated heterocycles. The van der Waals surface area contributed by atoms with Crippen molar-refractivity contribution < 1.29 is 13.2 Å². The summed E-state index contributed by atoms with van der Waals surface area (Å²) in [5.74, 6) is -0.820. The molecular weight excluding hydrogens is 338 g/mol. The molecule has 1 amide bonds. The van der Waals surface area contributed by atoms with Crippen molar-refractivity contribution in [1.29, 1.82) is 5.26 Å². The molecule has 1 aromatic carbocycles. The van der Waals surface area contributed by atoms with E-state index in [0.29, 0.717) is 11.3 Å². The number of aryl methyl sites for hydroxylation is 2. The van der Waals surface area contributed by atoms with Crippen molar-refractivity contribution in [1.82, 2.24) is 9.71 Å². The van der Waals surface area contributed by atoms with Gasteiger partial charge in [0, 0.05) is 11.3 Å². The molecule has 0 fully saturated rings. The number of nitrogens with one attached hydrogen (secondary N) is 1. The summed E-state index contributed by atoms with van der Waals surface area (Å²) in [6, 6.07) is 8.79. The fourth-order valence-electron chi connectivity index (χ4n) is 1.95. The van der Waals surface area contributed by atoms with Crippen molar-refractivity contribution in [3.63, 3.8) is 0 Å². The molecule has 0 atom stereocenters. The molecule has 0 spiro atoms. The summed E-state index contributed by atoms with van der Waals surface area (Å²) in [6.45, 7) is 3.21. The minimum atomic E-state index is -4.11. The van der Waals surface area contributed by atoms with E-state index in [2.05, 4.69) is 4.98 Å². The highest BCUT2D eigenvalue weighted by atomic mass is 35.5. The van der Waals surface area contributed by atoms with Crippen molar-refractivity contribution in [2.24, 2.45) is 0 Å². The lowest BCUT2D eigenvalue weighted by Gasteiger charge is -2.10. The van der Waals surface area contributed by atoms with Gasteiger partial charge in [-0.05, 0) is 43.7 Å². The Balaban J connectivity index is 2.38. The van der Waals surface area contributed by atoms with Gasteiger partial charge in [-0.3, -0.25) is 4.79 Å². The highest BCUT2D eigenvalue weighted by Gasteiger charge is 2.21. The van der Waals surface area contributed by atoms with Crippen LogP contribution in [0, 0.1) is 25.2 Å². The number of hydrogen-bond acceptors (Lipinski definition) is 5. The normalized spacial score (nSPS) is 10.9. The molecule has 0 aliphatic rings. The number of nitriles is 1. The fourth-order valence-corrected chi connectivity index (χ4v) is 3.45. The van der Waals surface area contributed by atoms with E-state index in [1.54, 1.807) is 13.8 Å². The van der Waals surface area contributed by atoms with Crippen LogP contribution < -0.4 is 4.72 Å². The standard InChI is InChI=1S/C15H12ClN3O3S/c1-9-3-4-11(8-17)6-13(9)23(21,22)19-15(20)12-5-10(2)18-14(16)7-12/h3-7H,1-2H3,(H,19,20). The number of nitrogens with zero attached hydrogens (tertiary/aromatic N) is 2. The monoisotopic (exact) mass is 349 g/mol. The minimum Gasteiger partial charge on any atom is -0.268 e. The van der Waals surface area contributed by atoms with Crippen LogP contribution in [0.25, 0.3) is 0 Å². The average Bonchev–Trinajstić information content (AvgIpc) is 2.46. The van der Waals surface area contributed by atoms with Crippen molar-refractivity contribution in [3.8, 4) is 6.07 Å². The summed E-state index contributed by atoms with van der Waals surface area (Å²) < 4.78 is 26.7. The largest absolute Gasteiger partial charge is 0.268 e. The summed E-state index contributed by atoms with van der Waals surface area (Å²) >= 11 is 5.77. The second kappa shape index (κ2) is 6.36. The smallest absolute Gasteiger partial charge is 0.265 e. The zero-order valence-electron chi connectivity index (χ0n) is 12.3. The van der Waals surface area contributed by atoms with Gasteiger partial charge in [0.1, 0.15) is 5.15 Å². The molecule has 1 heterocycles. The first-order valence-electron chi connectivity index (χ1n) is 6.45. The van der Waals surface area contributed by atoms with Gasteiger partial charge in [0.05, 0.1) is 16.5 Å². The van der Waals surface area contributed by atoms with Crippen LogP contribution in [0.1, 0.15) is 27.2 Å². The van der Waals surface area contributed by atoms with Crippen LogP contribution in [0.3, 0.4) is 0 Å². The van der Waals surface area contributed by atoms with E-state index >= 15 is 0 Å². The first kappa shape index (κ1) is 16.9. The Morgan fingerprint density at radius 2 is 1.96 bits per heavy atom. The van der Waals surface area contributed by atoms with E-state index in [0.717, 1.165) is 0 Å². The Bertz CT molecular complexity index is 913. The summed E-state index contributed by atoms with van der Waals surface area (Å²) in [5, 5.41) is 8.98. The number of aromatic nitrogens is 1. The molecule has 2 rings (SSSR count). The Morgan fingerprint density at radius 3 is 2.57 bits per heavy atom. The third kappa shape index (κ3) is 3.86. The van der Waals surface area contributed by atoms with Crippen LogP contribution in [0.4, 0.5) is 0 Å². The number of pyridine rings is 1. The Kier molecular flexibility index (Phi) is 4.68. The summed E-state index contributed by atoms with van der Waals surface area (Å²) in [6.07, 6.45) is 0. The lowest BCUT2D eigenvalue weighted by Crippen LogP contribution is -2.31. The minimum absolute atomic E-state index is 0.0835. The highest BCUT2D eigenvalue weighted by molar-refractivity contribution is 7.90. The topological polar surface area (TPSA) is 99.9 Å². The molecule has 6 nitrogen and oxygen atoms in total. The van der Waals surface area contributed by atoms with Crippen LogP contribution in [-0.4, -0.2) is 19.3 Å². The van der Waals surface area contributed by atoms with Crippen LogP contribution in [0.2, 0.25) is 5.15 Å². The lowest BCUT2D eigenvalue weighted by molar-refractivity contribution is 0.0981. The van der Waals surface area contributed by atoms with Crippen LogP contribution >= 0.6 is 11.6 Å². The predicted octanol–water partition coefficient (Wildman–Crippen LogP) is 2.34. The quantitative estimate of drug-likeness (QED) is 0.857. The fraction of sp³-hybridized carbons (Fsp3) is 0.133. The van der Waals surface area contributed by atoms with Gasteiger partial charge in [0.15, 0.2) is 0 Å². The van der Waals surface area contributed by atoms with Crippen LogP contribution in [-0.2, 0) is 10.0 Å². The van der Waals surface area contributed by atoms with Crippen molar-refractivity contribution >= 4 is 27.5 Å². The van der Waals surface area contributed by atoms with E-state index in [9.17, 15) is 13.2 Å². The van der Waals surface area contributed by atoms with Gasteiger partial charge in [-0.15, -0.1) is 0 Å². The molecule has 0 aliphatic heterocycles. The van der Waals surface area contributed by atoms with Gasteiger partial charge in [0.25, 0.3) is 15.9 Å². The molecule has 8 heteroatoms. The van der Waals surface area contributed by atoms with E-state index in [1.165, 1.54) is 30.3 Å². The molecule has 0 unspecified atom stereocenters. The zero-order valence-corrected chi connectivity index (χ0v) is 13.9. The van der Waals surface area contributed by atoms with E-state index in [-0.39, 0.29) is 21.2 Å². The second-order valence-electron chi connectivity index (χ2n) is 4.85. The molecule has 1 N–H and O–H groups in total. The molecule has 2 aromatic rings. The molecular formula is C15H12ClN3O3S. The molecule has 23 heavy (non-hydrogen) atoms. The molecule has 0 bridgehead atoms. The second-order valence-corrected chi connectivity index (χ2v) is 6.88. The zero-order chi connectivity index (χ0) is 17.2. The van der Waals surface area contributed by atoms with E-state index < -0.39 is 15.9 Å². The van der Waals surface area contributed by atoms with Gasteiger partial charge < -0.3 is 0 Å². The highest BCUT2D eigenvalue weighted by Crippen LogP contribution is 2.18. The van der Waals surface area contributed by atoms with Gasteiger partial charge in [0.2, 0.25) is 0 Å². The number of carbonyl (C=O) groups is 1. The molecule has 1 aromatic heterocycles. The van der Waals surface area contributed by atoms with Gasteiger partial charge in [-0.1, -0.05) is 17.7 Å². The maximum Gasteiger partial charge on any atom is 0.265 e. The number of halogens is 1. The lowest BCUT2D eigenvalue weighted by atomic mass is 10.2. The summed E-state index contributed by atoms with van der Waals surface area (Å²) in [5.41, 5.74) is 1.18. The SMILES string of the molecule is Cc1cc(C(=O)NS(=O)(=O)c2cc(C#N)ccc2C)cc(Cl)n1. The Labute approximate surface area is 138 Å². The van der Waals surface area contributed by atoms with Crippen LogP contribution in [0.5, 0.6) is 0 Å². The van der Waals surface area contributed by atoms with Gasteiger partial charge in [-0.2, -0.15) is 5.26 Å². The van der Waals surface area contributed by atoms with Crippen LogP contribution in [0.15, 0.2) is 35.2 Å². The summed E-state index contributed by atoms with van der Waals surface area (Å²) in [4.78, 5) is 15.9. The van der Waals surface area contributed by atoms with Gasteiger partial charge >= 0.3 is 0 Å². The van der Waals surface area contributed by atoms with E-state index in [4.69, 9.17) is 16.9 Å². The first-order chi connectivity index (χ1) is 10.7. The number of hydrogen-bond donors (Lipinski definition) is 1. The first-order valence-corrected chi connectivity index (χ1v) is 8.31. The van der Waals surface area contributed by atoms with Crippen molar-refractivity contribution in [3.05, 3.63) is 57.9 Å². The summed E-state index contributed by atoms with van der Waals surface area (Å²) in [7, 11) is -4.11. The molecule has 0 radical (unpaired) electrons. The van der Waals surface area contributed by atoms with Gasteiger partial charge in [-0.25, -0.2) is 18.1 Å². The maximum absolute atomic E-state index is 12.4. The molecule has 118 valence electrons. The molecule has 0 saturated carbocycles. The molecule has 0 aliphatic carbocycles. The number of carbonyl (C=O) groups excluding carboxylic acids is 1. The Morgan fingerprint density at radius 1 is 1.26 bits per heavy atom. The predicted molar refractivity (Wildman–Crippen MR) is 84.5 cm³/mol. The number of benzene rings is 1. The van der Waals surface area contributed by atoms with E-state index in [1.807, 2.05) is 10.8 Å². The number of rotatable bonds is 3. The van der Waals surface area contributed by atoms with Crippen molar-refractivity contribution in [2.75, 3.05) is 0 Å². The average molecular weight is 350 g/mol. The Hall–Kier alpha value is -2.43. The third-order valence-electron chi connectivity index (χ3n) is 3.02.